The lowest BCUT2D eigenvalue weighted by atomic mass is 9.92. The van der Waals surface area contributed by atoms with Gasteiger partial charge < -0.3 is 20.4 Å². The molecule has 2 aliphatic rings. The Morgan fingerprint density at radius 2 is 1.31 bits per heavy atom. The summed E-state index contributed by atoms with van der Waals surface area (Å²) in [5.74, 6) is 0.525. The molecule has 4 aromatic carbocycles. The lowest BCUT2D eigenvalue weighted by molar-refractivity contribution is 0.469. The van der Waals surface area contributed by atoms with Crippen LogP contribution in [0.15, 0.2) is 72.8 Å². The van der Waals surface area contributed by atoms with Crippen LogP contribution in [0.4, 0.5) is 0 Å². The van der Waals surface area contributed by atoms with Gasteiger partial charge in [-0.25, -0.2) is 0 Å². The van der Waals surface area contributed by atoms with Crippen molar-refractivity contribution in [2.24, 2.45) is 0 Å². The highest BCUT2D eigenvalue weighted by Crippen LogP contribution is 2.38. The number of hydrogen-bond acceptors (Lipinski definition) is 4. The molecule has 6 rings (SSSR count). The van der Waals surface area contributed by atoms with E-state index in [1.165, 1.54) is 0 Å². The van der Waals surface area contributed by atoms with Gasteiger partial charge in [-0.05, 0) is 83.1 Å². The molecule has 4 aromatic rings. The molecule has 158 valence electrons. The molecular formula is C28H22O4. The maximum Gasteiger partial charge on any atom is 0.123 e. The zero-order valence-corrected chi connectivity index (χ0v) is 17.3. The largest absolute Gasteiger partial charge is 0.508 e. The van der Waals surface area contributed by atoms with Crippen LogP contribution < -0.4 is 0 Å². The maximum atomic E-state index is 10.6. The van der Waals surface area contributed by atoms with Gasteiger partial charge in [0.1, 0.15) is 23.0 Å². The molecule has 0 saturated carbocycles. The molecular weight excluding hydrogens is 400 g/mol. The van der Waals surface area contributed by atoms with Crippen LogP contribution in [0.3, 0.4) is 0 Å². The first-order chi connectivity index (χ1) is 15.5. The molecule has 0 spiro atoms. The van der Waals surface area contributed by atoms with Crippen molar-refractivity contribution in [2.45, 2.75) is 12.8 Å². The van der Waals surface area contributed by atoms with E-state index in [9.17, 15) is 20.4 Å². The van der Waals surface area contributed by atoms with Crippen LogP contribution in [0.1, 0.15) is 22.3 Å². The van der Waals surface area contributed by atoms with Crippen LogP contribution >= 0.6 is 0 Å². The molecule has 4 N–H and O–H groups in total. The second-order valence-corrected chi connectivity index (χ2v) is 8.08. The first-order valence-electron chi connectivity index (χ1n) is 10.5. The predicted octanol–water partition coefficient (Wildman–Crippen LogP) is 6.11. The minimum atomic E-state index is 0.0817. The normalized spacial score (nSPS) is 12.5. The van der Waals surface area contributed by atoms with Crippen LogP contribution in [0.2, 0.25) is 0 Å². The number of rotatable bonds is 0. The Balaban J connectivity index is 1.73. The second kappa shape index (κ2) is 7.82. The van der Waals surface area contributed by atoms with Crippen molar-refractivity contribution in [3.05, 3.63) is 95.1 Å². The number of phenolic OH excluding ortho intramolecular Hbond substituents is 4. The van der Waals surface area contributed by atoms with E-state index in [-0.39, 0.29) is 23.0 Å². The van der Waals surface area contributed by atoms with E-state index in [2.05, 4.69) is 0 Å². The number of aromatic hydroxyl groups is 4. The van der Waals surface area contributed by atoms with Gasteiger partial charge in [0.2, 0.25) is 0 Å². The van der Waals surface area contributed by atoms with Crippen LogP contribution in [-0.4, -0.2) is 20.4 Å². The van der Waals surface area contributed by atoms with E-state index in [1.807, 2.05) is 48.6 Å². The molecule has 4 nitrogen and oxygen atoms in total. The Morgan fingerprint density at radius 1 is 0.531 bits per heavy atom. The SMILES string of the molecule is Oc1ccc2c(c1)CCc1ccc(O)c(c1)-c1cc(ccc1O)C=Cc1ccc-2cc1O. The molecule has 0 aliphatic heterocycles. The summed E-state index contributed by atoms with van der Waals surface area (Å²) in [6, 6.07) is 21.4. The van der Waals surface area contributed by atoms with Gasteiger partial charge in [-0.2, -0.15) is 0 Å². The summed E-state index contributed by atoms with van der Waals surface area (Å²) in [5.41, 5.74) is 6.38. The third-order valence-corrected chi connectivity index (χ3v) is 5.94. The zero-order valence-electron chi connectivity index (χ0n) is 17.3. The number of aryl methyl sites for hydroxylation is 2. The zero-order chi connectivity index (χ0) is 22.2. The summed E-state index contributed by atoms with van der Waals surface area (Å²) in [6.07, 6.45) is 5.00. The number of fused-ring (bicyclic) bond motifs is 3. The first kappa shape index (κ1) is 19.8. The lowest BCUT2D eigenvalue weighted by Gasteiger charge is -2.14. The molecule has 32 heavy (non-hydrogen) atoms. The summed E-state index contributed by atoms with van der Waals surface area (Å²) in [6.45, 7) is 0. The summed E-state index contributed by atoms with van der Waals surface area (Å²) in [5, 5.41) is 41.7. The minimum absolute atomic E-state index is 0.0817. The number of benzene rings is 4. The molecule has 6 bridgehead atoms. The Bertz CT molecular complexity index is 1370. The van der Waals surface area contributed by atoms with Crippen LogP contribution in [0.25, 0.3) is 34.4 Å². The summed E-state index contributed by atoms with van der Waals surface area (Å²) >= 11 is 0. The average molecular weight is 422 g/mol. The highest BCUT2D eigenvalue weighted by atomic mass is 16.3. The van der Waals surface area contributed by atoms with E-state index in [0.29, 0.717) is 29.5 Å². The van der Waals surface area contributed by atoms with E-state index < -0.39 is 0 Å². The van der Waals surface area contributed by atoms with Gasteiger partial charge in [-0.3, -0.25) is 0 Å². The van der Waals surface area contributed by atoms with Gasteiger partial charge in [-0.1, -0.05) is 42.5 Å². The third-order valence-electron chi connectivity index (χ3n) is 5.94. The predicted molar refractivity (Wildman–Crippen MR) is 127 cm³/mol. The molecule has 2 aliphatic carbocycles. The Morgan fingerprint density at radius 3 is 2.12 bits per heavy atom. The third kappa shape index (κ3) is 3.67. The van der Waals surface area contributed by atoms with Crippen molar-refractivity contribution >= 4 is 12.2 Å². The highest BCUT2D eigenvalue weighted by Gasteiger charge is 2.13. The van der Waals surface area contributed by atoms with Gasteiger partial charge in [-0.15, -0.1) is 0 Å². The molecule has 0 heterocycles. The molecule has 0 amide bonds. The summed E-state index contributed by atoms with van der Waals surface area (Å²) in [4.78, 5) is 0. The topological polar surface area (TPSA) is 80.9 Å². The van der Waals surface area contributed by atoms with Gasteiger partial charge in [0.25, 0.3) is 0 Å². The van der Waals surface area contributed by atoms with Crippen molar-refractivity contribution in [3.8, 4) is 45.3 Å². The summed E-state index contributed by atoms with van der Waals surface area (Å²) < 4.78 is 0. The Hall–Kier alpha value is -4.18. The van der Waals surface area contributed by atoms with Gasteiger partial charge in [0.15, 0.2) is 0 Å². The van der Waals surface area contributed by atoms with Crippen LogP contribution in [0.5, 0.6) is 23.0 Å². The van der Waals surface area contributed by atoms with Crippen molar-refractivity contribution in [2.75, 3.05) is 0 Å². The number of hydrogen-bond donors (Lipinski definition) is 4. The fourth-order valence-corrected chi connectivity index (χ4v) is 4.21. The van der Waals surface area contributed by atoms with Crippen molar-refractivity contribution in [3.63, 3.8) is 0 Å². The molecule has 0 saturated heterocycles. The quantitative estimate of drug-likeness (QED) is 0.276. The van der Waals surface area contributed by atoms with E-state index in [4.69, 9.17) is 0 Å². The van der Waals surface area contributed by atoms with Gasteiger partial charge >= 0.3 is 0 Å². The molecule has 0 unspecified atom stereocenters. The van der Waals surface area contributed by atoms with Gasteiger partial charge in [0.05, 0.1) is 0 Å². The monoisotopic (exact) mass is 422 g/mol. The smallest absolute Gasteiger partial charge is 0.123 e. The minimum Gasteiger partial charge on any atom is -0.508 e. The van der Waals surface area contributed by atoms with Gasteiger partial charge in [0, 0.05) is 16.7 Å². The summed E-state index contributed by atoms with van der Waals surface area (Å²) in [7, 11) is 0. The molecule has 0 fully saturated rings. The Labute approximate surface area is 186 Å². The number of phenols is 4. The molecule has 0 aromatic heterocycles. The highest BCUT2D eigenvalue weighted by molar-refractivity contribution is 5.81. The van der Waals surface area contributed by atoms with E-state index >= 15 is 0 Å². The van der Waals surface area contributed by atoms with E-state index in [0.717, 1.165) is 27.8 Å². The fourth-order valence-electron chi connectivity index (χ4n) is 4.21. The van der Waals surface area contributed by atoms with Crippen LogP contribution in [-0.2, 0) is 12.8 Å². The first-order valence-corrected chi connectivity index (χ1v) is 10.5. The van der Waals surface area contributed by atoms with E-state index in [1.54, 1.807) is 36.4 Å². The van der Waals surface area contributed by atoms with Crippen LogP contribution in [0, 0.1) is 0 Å². The maximum absolute atomic E-state index is 10.6. The Kier molecular flexibility index (Phi) is 4.83. The van der Waals surface area contributed by atoms with Crippen molar-refractivity contribution in [1.29, 1.82) is 0 Å². The lowest BCUT2D eigenvalue weighted by Crippen LogP contribution is -1.96. The second-order valence-electron chi connectivity index (χ2n) is 8.08. The average Bonchev–Trinajstić information content (AvgIpc) is 2.78. The molecule has 4 heteroatoms. The van der Waals surface area contributed by atoms with Crippen molar-refractivity contribution in [1.82, 2.24) is 0 Å². The molecule has 0 atom stereocenters. The van der Waals surface area contributed by atoms with Crippen molar-refractivity contribution < 1.29 is 20.4 Å². The molecule has 0 radical (unpaired) electrons. The standard InChI is InChI=1S/C28H22O4/c29-22-9-10-23-20(15-22)6-2-18-4-12-27(31)25(14-18)24-13-17(3-11-26(24)30)1-5-19-7-8-21(23)16-28(19)32/h1,3-5,7-16,29-32H,2,6H2. The fraction of sp³-hybridized carbons (Fsp3) is 0.0714.